The summed E-state index contributed by atoms with van der Waals surface area (Å²) in [6.07, 6.45) is -0.916. The molecule has 6 rings (SSSR count). The summed E-state index contributed by atoms with van der Waals surface area (Å²) in [5.74, 6) is -1.33. The fourth-order valence-corrected chi connectivity index (χ4v) is 5.08. The zero-order valence-electron chi connectivity index (χ0n) is 17.5. The van der Waals surface area contributed by atoms with Gasteiger partial charge in [0.2, 0.25) is 5.91 Å². The number of para-hydroxylation sites is 1. The van der Waals surface area contributed by atoms with Crippen molar-refractivity contribution >= 4 is 45.6 Å². The molecule has 2 amide bonds. The van der Waals surface area contributed by atoms with Crippen molar-refractivity contribution in [2.45, 2.75) is 12.1 Å². The zero-order valence-corrected chi connectivity index (χ0v) is 18.2. The lowest BCUT2D eigenvalue weighted by Crippen LogP contribution is -2.37. The van der Waals surface area contributed by atoms with Crippen molar-refractivity contribution in [3.8, 4) is 0 Å². The molecule has 3 atom stereocenters. The van der Waals surface area contributed by atoms with Crippen molar-refractivity contribution in [3.05, 3.63) is 108 Å². The van der Waals surface area contributed by atoms with Crippen LogP contribution >= 0.6 is 11.6 Å². The van der Waals surface area contributed by atoms with Crippen molar-refractivity contribution in [3.63, 3.8) is 0 Å². The molecule has 6 heteroatoms. The molecule has 2 heterocycles. The van der Waals surface area contributed by atoms with Gasteiger partial charge in [0.05, 0.1) is 17.4 Å². The SMILES string of the molecule is O=C1[C@@H]2[C@@H](ON(c3ccccc3)[C@H]2c2cccc(Cl)c2)C(=O)N1c1cccc2ccccc12. The summed E-state index contributed by atoms with van der Waals surface area (Å²) in [7, 11) is 0. The molecule has 0 aliphatic carbocycles. The third kappa shape index (κ3) is 3.12. The van der Waals surface area contributed by atoms with Crippen LogP contribution in [0.5, 0.6) is 0 Å². The third-order valence-corrected chi connectivity index (χ3v) is 6.56. The lowest BCUT2D eigenvalue weighted by Gasteiger charge is -2.29. The smallest absolute Gasteiger partial charge is 0.266 e. The summed E-state index contributed by atoms with van der Waals surface area (Å²) in [6, 6.07) is 29.7. The van der Waals surface area contributed by atoms with Crippen molar-refractivity contribution in [2.75, 3.05) is 9.96 Å². The molecule has 5 nitrogen and oxygen atoms in total. The highest BCUT2D eigenvalue weighted by molar-refractivity contribution is 6.30. The Hall–Kier alpha value is -3.67. The van der Waals surface area contributed by atoms with Gasteiger partial charge in [-0.2, -0.15) is 0 Å². The van der Waals surface area contributed by atoms with Crippen LogP contribution in [0.3, 0.4) is 0 Å². The number of hydrogen-bond donors (Lipinski definition) is 0. The number of hydroxylamine groups is 1. The van der Waals surface area contributed by atoms with E-state index in [1.54, 1.807) is 11.1 Å². The predicted octanol–water partition coefficient (Wildman–Crippen LogP) is 5.54. The molecule has 0 N–H and O–H groups in total. The number of carbonyl (C=O) groups is 2. The Morgan fingerprint density at radius 2 is 1.48 bits per heavy atom. The summed E-state index contributed by atoms with van der Waals surface area (Å²) < 4.78 is 0. The molecule has 4 aromatic carbocycles. The largest absolute Gasteiger partial charge is 0.273 e. The molecule has 4 aromatic rings. The Balaban J connectivity index is 1.47. The minimum absolute atomic E-state index is 0.273. The predicted molar refractivity (Wildman–Crippen MR) is 128 cm³/mol. The van der Waals surface area contributed by atoms with Crippen molar-refractivity contribution in [2.24, 2.45) is 5.92 Å². The molecule has 2 saturated heterocycles. The molecule has 0 aromatic heterocycles. The average molecular weight is 455 g/mol. The highest BCUT2D eigenvalue weighted by Crippen LogP contribution is 2.48. The first-order valence-corrected chi connectivity index (χ1v) is 11.1. The van der Waals surface area contributed by atoms with Crippen LogP contribution in [0.15, 0.2) is 97.1 Å². The molecule has 0 bridgehead atoms. The molecule has 0 spiro atoms. The number of carbonyl (C=O) groups excluding carboxylic acids is 2. The van der Waals surface area contributed by atoms with Gasteiger partial charge >= 0.3 is 0 Å². The Bertz CT molecular complexity index is 1390. The first-order chi connectivity index (χ1) is 16.1. The number of rotatable bonds is 3. The number of benzene rings is 4. The molecule has 2 fully saturated rings. The molecule has 162 valence electrons. The van der Waals surface area contributed by atoms with Crippen molar-refractivity contribution < 1.29 is 14.4 Å². The second kappa shape index (κ2) is 7.73. The Kier molecular flexibility index (Phi) is 4.68. The maximum Gasteiger partial charge on any atom is 0.266 e. The topological polar surface area (TPSA) is 49.9 Å². The number of nitrogens with zero attached hydrogens (tertiary/aromatic N) is 2. The average Bonchev–Trinajstić information content (AvgIpc) is 3.35. The lowest BCUT2D eigenvalue weighted by molar-refractivity contribution is -0.126. The first kappa shape index (κ1) is 20.0. The van der Waals surface area contributed by atoms with E-state index in [2.05, 4.69) is 0 Å². The molecule has 2 aliphatic heterocycles. The Morgan fingerprint density at radius 1 is 0.758 bits per heavy atom. The summed E-state index contributed by atoms with van der Waals surface area (Å²) in [5.41, 5.74) is 2.17. The van der Waals surface area contributed by atoms with Gasteiger partial charge in [-0.15, -0.1) is 0 Å². The number of fused-ring (bicyclic) bond motifs is 2. The molecular weight excluding hydrogens is 436 g/mol. The monoisotopic (exact) mass is 454 g/mol. The van der Waals surface area contributed by atoms with Gasteiger partial charge in [0.15, 0.2) is 6.10 Å². The van der Waals surface area contributed by atoms with Gasteiger partial charge in [-0.3, -0.25) is 14.4 Å². The lowest BCUT2D eigenvalue weighted by atomic mass is 9.90. The van der Waals surface area contributed by atoms with E-state index < -0.39 is 18.1 Å². The summed E-state index contributed by atoms with van der Waals surface area (Å²) in [6.45, 7) is 0. The van der Waals surface area contributed by atoms with Gasteiger partial charge in [0, 0.05) is 10.4 Å². The molecule has 2 aliphatic rings. The second-order valence-corrected chi connectivity index (χ2v) is 8.66. The molecule has 33 heavy (non-hydrogen) atoms. The normalized spacial score (nSPS) is 22.3. The standard InChI is InChI=1S/C27H19ClN2O3/c28-19-11-6-10-18(16-19)24-23-25(33-30(24)20-12-2-1-3-13-20)27(32)29(26(23)31)22-15-7-9-17-8-4-5-14-21(17)22/h1-16,23-25H/t23-,24-,25+/m0/s1. The molecule has 0 saturated carbocycles. The number of amides is 2. The van der Waals surface area contributed by atoms with E-state index in [1.807, 2.05) is 91.0 Å². The second-order valence-electron chi connectivity index (χ2n) is 8.22. The summed E-state index contributed by atoms with van der Waals surface area (Å²) in [5, 5.41) is 4.05. The van der Waals surface area contributed by atoms with E-state index in [9.17, 15) is 9.59 Å². The summed E-state index contributed by atoms with van der Waals surface area (Å²) >= 11 is 6.29. The quantitative estimate of drug-likeness (QED) is 0.381. The van der Waals surface area contributed by atoms with Gasteiger partial charge in [-0.1, -0.05) is 78.3 Å². The van der Waals surface area contributed by atoms with Crippen LogP contribution < -0.4 is 9.96 Å². The highest BCUT2D eigenvalue weighted by Gasteiger charge is 2.60. The maximum atomic E-state index is 13.9. The van der Waals surface area contributed by atoms with Crippen molar-refractivity contribution in [1.82, 2.24) is 0 Å². The maximum absolute atomic E-state index is 13.9. The first-order valence-electron chi connectivity index (χ1n) is 10.8. The van der Waals surface area contributed by atoms with Gasteiger partial charge in [0.25, 0.3) is 5.91 Å². The van der Waals surface area contributed by atoms with Crippen LogP contribution in [0.2, 0.25) is 5.02 Å². The number of imide groups is 1. The van der Waals surface area contributed by atoms with Crippen LogP contribution in [-0.2, 0) is 14.4 Å². The van der Waals surface area contributed by atoms with Crippen LogP contribution in [-0.4, -0.2) is 17.9 Å². The zero-order chi connectivity index (χ0) is 22.5. The van der Waals surface area contributed by atoms with Gasteiger partial charge in [-0.25, -0.2) is 9.96 Å². The van der Waals surface area contributed by atoms with E-state index in [4.69, 9.17) is 16.4 Å². The minimum atomic E-state index is -0.916. The van der Waals surface area contributed by atoms with Crippen LogP contribution in [0.25, 0.3) is 10.8 Å². The minimum Gasteiger partial charge on any atom is -0.273 e. The van der Waals surface area contributed by atoms with Crippen LogP contribution in [0.1, 0.15) is 11.6 Å². The number of hydrogen-bond acceptors (Lipinski definition) is 4. The van der Waals surface area contributed by atoms with Gasteiger partial charge < -0.3 is 0 Å². The Labute approximate surface area is 195 Å². The fourth-order valence-electron chi connectivity index (χ4n) is 4.88. The highest BCUT2D eigenvalue weighted by atomic mass is 35.5. The van der Waals surface area contributed by atoms with Crippen molar-refractivity contribution in [1.29, 1.82) is 0 Å². The van der Waals surface area contributed by atoms with Crippen LogP contribution in [0, 0.1) is 5.92 Å². The Morgan fingerprint density at radius 3 is 2.30 bits per heavy atom. The van der Waals surface area contributed by atoms with Gasteiger partial charge in [-0.05, 0) is 41.3 Å². The molecule has 0 unspecified atom stereocenters. The molecular formula is C27H19ClN2O3. The third-order valence-electron chi connectivity index (χ3n) is 6.32. The summed E-state index contributed by atoms with van der Waals surface area (Å²) in [4.78, 5) is 34.9. The van der Waals surface area contributed by atoms with Crippen LogP contribution in [0.4, 0.5) is 11.4 Å². The van der Waals surface area contributed by atoms with E-state index in [-0.39, 0.29) is 11.8 Å². The fraction of sp³-hybridized carbons (Fsp3) is 0.111. The number of halogens is 1. The van der Waals surface area contributed by atoms with Gasteiger partial charge in [0.1, 0.15) is 5.92 Å². The molecule has 0 radical (unpaired) electrons. The number of anilines is 2. The van der Waals surface area contributed by atoms with E-state index in [0.717, 1.165) is 22.0 Å². The van der Waals surface area contributed by atoms with E-state index in [0.29, 0.717) is 10.7 Å². The van der Waals surface area contributed by atoms with E-state index in [1.165, 1.54) is 4.90 Å². The van der Waals surface area contributed by atoms with E-state index >= 15 is 0 Å².